The number of piperazine rings is 1. The van der Waals surface area contributed by atoms with Crippen molar-refractivity contribution in [2.75, 3.05) is 65.4 Å². The van der Waals surface area contributed by atoms with Gasteiger partial charge in [-0.3, -0.25) is 4.99 Å². The summed E-state index contributed by atoms with van der Waals surface area (Å²) < 4.78 is 0. The van der Waals surface area contributed by atoms with Crippen molar-refractivity contribution >= 4 is 5.96 Å². The summed E-state index contributed by atoms with van der Waals surface area (Å²) >= 11 is 0. The Kier molecular flexibility index (Phi) is 8.33. The van der Waals surface area contributed by atoms with Gasteiger partial charge in [0.15, 0.2) is 5.96 Å². The average molecular weight is 338 g/mol. The van der Waals surface area contributed by atoms with Crippen LogP contribution >= 0.6 is 0 Å². The predicted molar refractivity (Wildman–Crippen MR) is 104 cm³/mol. The molecule has 0 spiro atoms. The van der Waals surface area contributed by atoms with Crippen molar-refractivity contribution in [3.63, 3.8) is 0 Å². The van der Waals surface area contributed by atoms with E-state index in [0.29, 0.717) is 5.92 Å². The van der Waals surface area contributed by atoms with E-state index in [0.717, 1.165) is 38.1 Å². The van der Waals surface area contributed by atoms with Crippen molar-refractivity contribution in [2.24, 2.45) is 16.8 Å². The maximum atomic E-state index is 4.95. The summed E-state index contributed by atoms with van der Waals surface area (Å²) in [5.41, 5.74) is 0. The summed E-state index contributed by atoms with van der Waals surface area (Å²) in [4.78, 5) is 12.6. The smallest absolute Gasteiger partial charge is 0.193 e. The average Bonchev–Trinajstić information content (AvgIpc) is 2.60. The number of likely N-dealkylation sites (N-methyl/N-ethyl adjacent to an activating group) is 1. The highest BCUT2D eigenvalue weighted by atomic mass is 15.3. The second-order valence-electron chi connectivity index (χ2n) is 7.70. The first-order valence-electron chi connectivity index (χ1n) is 10.1. The fourth-order valence-electron chi connectivity index (χ4n) is 3.68. The fourth-order valence-corrected chi connectivity index (χ4v) is 3.68. The van der Waals surface area contributed by atoms with Crippen LogP contribution in [0, 0.1) is 11.8 Å². The highest BCUT2D eigenvalue weighted by Gasteiger charge is 2.20. The molecule has 1 atom stereocenters. The van der Waals surface area contributed by atoms with E-state index >= 15 is 0 Å². The maximum absolute atomic E-state index is 4.95. The van der Waals surface area contributed by atoms with Crippen molar-refractivity contribution in [1.29, 1.82) is 0 Å². The van der Waals surface area contributed by atoms with Gasteiger partial charge in [0.2, 0.25) is 0 Å². The lowest BCUT2D eigenvalue weighted by Crippen LogP contribution is -2.48. The van der Waals surface area contributed by atoms with Crippen molar-refractivity contribution in [2.45, 2.75) is 40.5 Å². The van der Waals surface area contributed by atoms with Crippen LogP contribution in [0.5, 0.6) is 0 Å². The van der Waals surface area contributed by atoms with Crippen LogP contribution in [-0.2, 0) is 0 Å². The Bertz CT molecular complexity index is 368. The van der Waals surface area contributed by atoms with E-state index < -0.39 is 0 Å². The quantitative estimate of drug-likeness (QED) is 0.593. The van der Waals surface area contributed by atoms with Crippen LogP contribution < -0.4 is 5.32 Å². The molecule has 1 unspecified atom stereocenters. The van der Waals surface area contributed by atoms with Gasteiger partial charge in [0, 0.05) is 58.9 Å². The van der Waals surface area contributed by atoms with E-state index in [1.54, 1.807) is 0 Å². The van der Waals surface area contributed by atoms with E-state index in [1.807, 2.05) is 0 Å². The Labute approximate surface area is 149 Å². The number of nitrogens with zero attached hydrogens (tertiary/aromatic N) is 4. The molecule has 2 aliphatic rings. The zero-order valence-electron chi connectivity index (χ0n) is 16.4. The van der Waals surface area contributed by atoms with Crippen molar-refractivity contribution in [3.8, 4) is 0 Å². The summed E-state index contributed by atoms with van der Waals surface area (Å²) in [6.45, 7) is 20.6. The lowest BCUT2D eigenvalue weighted by molar-refractivity contribution is 0.125. The van der Waals surface area contributed by atoms with E-state index in [9.17, 15) is 0 Å². The highest BCUT2D eigenvalue weighted by Crippen LogP contribution is 2.16. The second kappa shape index (κ2) is 10.2. The van der Waals surface area contributed by atoms with Gasteiger partial charge in [-0.25, -0.2) is 0 Å². The minimum Gasteiger partial charge on any atom is -0.357 e. The molecule has 2 saturated heterocycles. The Morgan fingerprint density at radius 2 is 1.67 bits per heavy atom. The zero-order valence-corrected chi connectivity index (χ0v) is 16.4. The van der Waals surface area contributed by atoms with E-state index in [4.69, 9.17) is 4.99 Å². The molecule has 2 aliphatic heterocycles. The molecule has 0 amide bonds. The number of aliphatic imine (C=N–C) groups is 1. The molecular weight excluding hydrogens is 298 g/mol. The van der Waals surface area contributed by atoms with Crippen LogP contribution in [0.15, 0.2) is 4.99 Å². The molecule has 0 aliphatic carbocycles. The highest BCUT2D eigenvalue weighted by molar-refractivity contribution is 5.80. The Morgan fingerprint density at radius 1 is 1.04 bits per heavy atom. The summed E-state index contributed by atoms with van der Waals surface area (Å²) in [6, 6.07) is 0. The summed E-state index contributed by atoms with van der Waals surface area (Å²) in [5.74, 6) is 2.62. The SMILES string of the molecule is CCNC(=NCC(C)CN1CCN(CC)CC1)N1CCC(C)CC1. The Balaban J connectivity index is 1.77. The van der Waals surface area contributed by atoms with Crippen LogP contribution in [0.4, 0.5) is 0 Å². The van der Waals surface area contributed by atoms with Crippen LogP contribution in [0.25, 0.3) is 0 Å². The summed E-state index contributed by atoms with van der Waals surface area (Å²) in [7, 11) is 0. The molecule has 2 heterocycles. The maximum Gasteiger partial charge on any atom is 0.193 e. The first-order chi connectivity index (χ1) is 11.6. The first kappa shape index (κ1) is 19.5. The first-order valence-corrected chi connectivity index (χ1v) is 10.1. The summed E-state index contributed by atoms with van der Waals surface area (Å²) in [5, 5.41) is 3.50. The van der Waals surface area contributed by atoms with Gasteiger partial charge in [0.1, 0.15) is 0 Å². The third-order valence-corrected chi connectivity index (χ3v) is 5.45. The van der Waals surface area contributed by atoms with Gasteiger partial charge in [-0.15, -0.1) is 0 Å². The molecule has 0 bridgehead atoms. The van der Waals surface area contributed by atoms with Gasteiger partial charge < -0.3 is 20.0 Å². The van der Waals surface area contributed by atoms with Crippen LogP contribution in [-0.4, -0.2) is 86.1 Å². The van der Waals surface area contributed by atoms with E-state index in [2.05, 4.69) is 47.7 Å². The number of likely N-dealkylation sites (tertiary alicyclic amines) is 1. The Hall–Kier alpha value is -0.810. The van der Waals surface area contributed by atoms with Crippen molar-refractivity contribution in [3.05, 3.63) is 0 Å². The fraction of sp³-hybridized carbons (Fsp3) is 0.947. The van der Waals surface area contributed by atoms with E-state index in [1.165, 1.54) is 52.1 Å². The molecule has 140 valence electrons. The molecule has 24 heavy (non-hydrogen) atoms. The molecule has 1 N–H and O–H groups in total. The monoisotopic (exact) mass is 337 g/mol. The molecule has 0 aromatic rings. The van der Waals surface area contributed by atoms with Gasteiger partial charge in [0.25, 0.3) is 0 Å². The molecule has 0 aromatic heterocycles. The van der Waals surface area contributed by atoms with Crippen molar-refractivity contribution < 1.29 is 0 Å². The topological polar surface area (TPSA) is 34.1 Å². The number of guanidine groups is 1. The number of nitrogens with one attached hydrogen (secondary N) is 1. The summed E-state index contributed by atoms with van der Waals surface area (Å²) in [6.07, 6.45) is 2.59. The van der Waals surface area contributed by atoms with Crippen LogP contribution in [0.1, 0.15) is 40.5 Å². The van der Waals surface area contributed by atoms with Gasteiger partial charge in [-0.1, -0.05) is 20.8 Å². The molecule has 2 fully saturated rings. The predicted octanol–water partition coefficient (Wildman–Crippen LogP) is 1.96. The lowest BCUT2D eigenvalue weighted by Gasteiger charge is -2.35. The number of hydrogen-bond acceptors (Lipinski definition) is 3. The minimum atomic E-state index is 0.621. The molecule has 5 heteroatoms. The normalized spacial score (nSPS) is 23.5. The largest absolute Gasteiger partial charge is 0.357 e. The Morgan fingerprint density at radius 3 is 2.25 bits per heavy atom. The molecular formula is C19H39N5. The van der Waals surface area contributed by atoms with E-state index in [-0.39, 0.29) is 0 Å². The van der Waals surface area contributed by atoms with Crippen LogP contribution in [0.3, 0.4) is 0 Å². The molecule has 0 saturated carbocycles. The molecule has 2 rings (SSSR count). The van der Waals surface area contributed by atoms with Gasteiger partial charge in [0.05, 0.1) is 0 Å². The zero-order chi connectivity index (χ0) is 17.4. The second-order valence-corrected chi connectivity index (χ2v) is 7.70. The molecule has 0 radical (unpaired) electrons. The third-order valence-electron chi connectivity index (χ3n) is 5.45. The number of hydrogen-bond donors (Lipinski definition) is 1. The van der Waals surface area contributed by atoms with Gasteiger partial charge in [-0.2, -0.15) is 0 Å². The molecule has 0 aromatic carbocycles. The number of rotatable bonds is 6. The minimum absolute atomic E-state index is 0.621. The third kappa shape index (κ3) is 6.25. The lowest BCUT2D eigenvalue weighted by atomic mass is 9.99. The van der Waals surface area contributed by atoms with Gasteiger partial charge >= 0.3 is 0 Å². The number of piperidine rings is 1. The molecule has 5 nitrogen and oxygen atoms in total. The van der Waals surface area contributed by atoms with Crippen LogP contribution in [0.2, 0.25) is 0 Å². The van der Waals surface area contributed by atoms with Crippen molar-refractivity contribution in [1.82, 2.24) is 20.0 Å². The van der Waals surface area contributed by atoms with Gasteiger partial charge in [-0.05, 0) is 38.1 Å². The standard InChI is InChI=1S/C19H39N5/c1-5-20-19(24-9-7-17(3)8-10-24)21-15-18(4)16-23-13-11-22(6-2)12-14-23/h17-18H,5-16H2,1-4H3,(H,20,21).